The van der Waals surface area contributed by atoms with Gasteiger partial charge >= 0.3 is 0 Å². The van der Waals surface area contributed by atoms with E-state index in [9.17, 15) is 4.79 Å². The fraction of sp³-hybridized carbons (Fsp3) is 0.136. The monoisotopic (exact) mass is 328 g/mol. The van der Waals surface area contributed by atoms with E-state index in [0.29, 0.717) is 13.0 Å². The summed E-state index contributed by atoms with van der Waals surface area (Å²) < 4.78 is 0. The number of hydrogen-bond acceptors (Lipinski definition) is 1. The van der Waals surface area contributed by atoms with Crippen LogP contribution in [0.5, 0.6) is 0 Å². The zero-order valence-corrected chi connectivity index (χ0v) is 14.2. The van der Waals surface area contributed by atoms with Crippen molar-refractivity contribution in [2.45, 2.75) is 19.9 Å². The standard InChI is InChI=1S/C22H20N2O/c1-15-11-19-12-16(9-10-21(19)24-15)14-23-22(25)13-18-7-4-6-17-5-2-3-8-20(17)18/h2-12,24H,13-14H2,1H3,(H,23,25). The number of carbonyl (C=O) groups excluding carboxylic acids is 1. The van der Waals surface area contributed by atoms with Crippen molar-refractivity contribution in [3.05, 3.63) is 83.6 Å². The summed E-state index contributed by atoms with van der Waals surface area (Å²) in [5.74, 6) is 0.0432. The fourth-order valence-electron chi connectivity index (χ4n) is 3.32. The summed E-state index contributed by atoms with van der Waals surface area (Å²) in [6.07, 6.45) is 0.396. The summed E-state index contributed by atoms with van der Waals surface area (Å²) >= 11 is 0. The average Bonchev–Trinajstić information content (AvgIpc) is 2.99. The molecule has 0 aliphatic heterocycles. The number of aromatic amines is 1. The van der Waals surface area contributed by atoms with Gasteiger partial charge in [-0.1, -0.05) is 48.5 Å². The first-order valence-corrected chi connectivity index (χ1v) is 8.51. The molecule has 25 heavy (non-hydrogen) atoms. The maximum absolute atomic E-state index is 12.4. The van der Waals surface area contributed by atoms with Crippen LogP contribution in [0.25, 0.3) is 21.7 Å². The Morgan fingerprint density at radius 3 is 2.72 bits per heavy atom. The van der Waals surface area contributed by atoms with Crippen LogP contribution in [0.4, 0.5) is 0 Å². The Morgan fingerprint density at radius 1 is 0.960 bits per heavy atom. The molecule has 0 fully saturated rings. The molecule has 0 bridgehead atoms. The van der Waals surface area contributed by atoms with E-state index in [2.05, 4.69) is 52.8 Å². The highest BCUT2D eigenvalue weighted by Gasteiger charge is 2.07. The molecule has 2 N–H and O–H groups in total. The first-order chi connectivity index (χ1) is 12.2. The van der Waals surface area contributed by atoms with Crippen LogP contribution in [-0.2, 0) is 17.8 Å². The van der Waals surface area contributed by atoms with Gasteiger partial charge in [0.05, 0.1) is 6.42 Å². The van der Waals surface area contributed by atoms with Crippen molar-refractivity contribution < 1.29 is 4.79 Å². The SMILES string of the molecule is Cc1cc2cc(CNC(=O)Cc3cccc4ccccc34)ccc2[nH]1. The predicted octanol–water partition coefficient (Wildman–Crippen LogP) is 4.49. The van der Waals surface area contributed by atoms with Gasteiger partial charge in [0.1, 0.15) is 0 Å². The van der Waals surface area contributed by atoms with Crippen LogP contribution >= 0.6 is 0 Å². The van der Waals surface area contributed by atoms with Gasteiger partial charge in [0, 0.05) is 17.8 Å². The molecule has 3 nitrogen and oxygen atoms in total. The Morgan fingerprint density at radius 2 is 1.80 bits per heavy atom. The molecular weight excluding hydrogens is 308 g/mol. The third-order valence-corrected chi connectivity index (χ3v) is 4.54. The smallest absolute Gasteiger partial charge is 0.224 e. The van der Waals surface area contributed by atoms with E-state index in [1.54, 1.807) is 0 Å². The minimum atomic E-state index is 0.0432. The van der Waals surface area contributed by atoms with E-state index in [1.807, 2.05) is 31.2 Å². The Hall–Kier alpha value is -3.07. The molecule has 0 unspecified atom stereocenters. The summed E-state index contributed by atoms with van der Waals surface area (Å²) in [4.78, 5) is 15.7. The molecule has 4 aromatic rings. The van der Waals surface area contributed by atoms with Gasteiger partial charge in [-0.2, -0.15) is 0 Å². The first-order valence-electron chi connectivity index (χ1n) is 8.51. The number of aromatic nitrogens is 1. The largest absolute Gasteiger partial charge is 0.359 e. The lowest BCUT2D eigenvalue weighted by atomic mass is 10.0. The highest BCUT2D eigenvalue weighted by molar-refractivity contribution is 5.90. The van der Waals surface area contributed by atoms with Crippen LogP contribution in [0.15, 0.2) is 66.7 Å². The number of H-pyrrole nitrogens is 1. The quantitative estimate of drug-likeness (QED) is 0.570. The van der Waals surface area contributed by atoms with E-state index < -0.39 is 0 Å². The van der Waals surface area contributed by atoms with E-state index >= 15 is 0 Å². The Bertz CT molecular complexity index is 1060. The van der Waals surface area contributed by atoms with Gasteiger partial charge in [0.15, 0.2) is 0 Å². The molecule has 0 saturated heterocycles. The number of nitrogens with one attached hydrogen (secondary N) is 2. The second kappa shape index (κ2) is 6.44. The summed E-state index contributed by atoms with van der Waals surface area (Å²) in [5.41, 5.74) is 4.44. The molecule has 0 radical (unpaired) electrons. The zero-order valence-electron chi connectivity index (χ0n) is 14.2. The molecule has 0 aliphatic carbocycles. The Kier molecular flexibility index (Phi) is 3.98. The van der Waals surface area contributed by atoms with Gasteiger partial charge < -0.3 is 10.3 Å². The Labute approximate surface area is 146 Å². The number of fused-ring (bicyclic) bond motifs is 2. The van der Waals surface area contributed by atoms with Gasteiger partial charge in [-0.05, 0) is 52.4 Å². The molecule has 0 saturated carbocycles. The molecule has 4 rings (SSSR count). The van der Waals surface area contributed by atoms with Gasteiger partial charge in [-0.25, -0.2) is 0 Å². The second-order valence-electron chi connectivity index (χ2n) is 6.47. The molecule has 0 atom stereocenters. The van der Waals surface area contributed by atoms with Crippen LogP contribution in [0.3, 0.4) is 0 Å². The number of amides is 1. The molecule has 3 heteroatoms. The predicted molar refractivity (Wildman–Crippen MR) is 103 cm³/mol. The van der Waals surface area contributed by atoms with Gasteiger partial charge in [-0.15, -0.1) is 0 Å². The topological polar surface area (TPSA) is 44.9 Å². The normalized spacial score (nSPS) is 11.1. The summed E-state index contributed by atoms with van der Waals surface area (Å²) in [6.45, 7) is 2.59. The molecule has 0 spiro atoms. The number of benzene rings is 3. The van der Waals surface area contributed by atoms with E-state index in [0.717, 1.165) is 27.7 Å². The average molecular weight is 328 g/mol. The highest BCUT2D eigenvalue weighted by atomic mass is 16.1. The second-order valence-corrected chi connectivity index (χ2v) is 6.47. The number of aryl methyl sites for hydroxylation is 1. The van der Waals surface area contributed by atoms with Crippen LogP contribution in [-0.4, -0.2) is 10.9 Å². The molecule has 1 amide bonds. The molecular formula is C22H20N2O. The van der Waals surface area contributed by atoms with Gasteiger partial charge in [0.25, 0.3) is 0 Å². The third kappa shape index (κ3) is 3.26. The van der Waals surface area contributed by atoms with Crippen LogP contribution in [0.1, 0.15) is 16.8 Å². The van der Waals surface area contributed by atoms with Crippen LogP contribution in [0.2, 0.25) is 0 Å². The summed E-state index contributed by atoms with van der Waals surface area (Å²) in [5, 5.41) is 6.52. The van der Waals surface area contributed by atoms with E-state index in [1.165, 1.54) is 10.8 Å². The van der Waals surface area contributed by atoms with Gasteiger partial charge in [-0.3, -0.25) is 4.79 Å². The van der Waals surface area contributed by atoms with E-state index in [4.69, 9.17) is 0 Å². The molecule has 124 valence electrons. The maximum atomic E-state index is 12.4. The van der Waals surface area contributed by atoms with Crippen molar-refractivity contribution >= 4 is 27.6 Å². The third-order valence-electron chi connectivity index (χ3n) is 4.54. The van der Waals surface area contributed by atoms with Crippen molar-refractivity contribution in [2.24, 2.45) is 0 Å². The highest BCUT2D eigenvalue weighted by Crippen LogP contribution is 2.19. The maximum Gasteiger partial charge on any atom is 0.224 e. The minimum Gasteiger partial charge on any atom is -0.359 e. The van der Waals surface area contributed by atoms with Crippen molar-refractivity contribution in [2.75, 3.05) is 0 Å². The summed E-state index contributed by atoms with van der Waals surface area (Å²) in [6, 6.07) is 22.6. The lowest BCUT2D eigenvalue weighted by Gasteiger charge is -2.08. The lowest BCUT2D eigenvalue weighted by Crippen LogP contribution is -2.24. The van der Waals surface area contributed by atoms with E-state index in [-0.39, 0.29) is 5.91 Å². The van der Waals surface area contributed by atoms with Crippen LogP contribution < -0.4 is 5.32 Å². The molecule has 3 aromatic carbocycles. The van der Waals surface area contributed by atoms with Crippen molar-refractivity contribution in [3.8, 4) is 0 Å². The molecule has 0 aliphatic rings. The van der Waals surface area contributed by atoms with Crippen LogP contribution in [0, 0.1) is 6.92 Å². The summed E-state index contributed by atoms with van der Waals surface area (Å²) in [7, 11) is 0. The minimum absolute atomic E-state index is 0.0432. The first kappa shape index (κ1) is 15.5. The van der Waals surface area contributed by atoms with Crippen molar-refractivity contribution in [3.63, 3.8) is 0 Å². The number of carbonyl (C=O) groups is 1. The van der Waals surface area contributed by atoms with Crippen molar-refractivity contribution in [1.82, 2.24) is 10.3 Å². The zero-order chi connectivity index (χ0) is 17.2. The lowest BCUT2D eigenvalue weighted by molar-refractivity contribution is -0.120. The molecule has 1 heterocycles. The van der Waals surface area contributed by atoms with Gasteiger partial charge in [0.2, 0.25) is 5.91 Å². The Balaban J connectivity index is 1.46. The molecule has 1 aromatic heterocycles. The number of hydrogen-bond donors (Lipinski definition) is 2. The number of rotatable bonds is 4. The van der Waals surface area contributed by atoms with Crippen molar-refractivity contribution in [1.29, 1.82) is 0 Å². The fourth-order valence-corrected chi connectivity index (χ4v) is 3.32.